The van der Waals surface area contributed by atoms with E-state index in [-0.39, 0.29) is 23.8 Å². The summed E-state index contributed by atoms with van der Waals surface area (Å²) in [7, 11) is 0. The van der Waals surface area contributed by atoms with Crippen LogP contribution in [-0.2, 0) is 4.79 Å². The molecule has 0 aliphatic carbocycles. The Bertz CT molecular complexity index is 673. The first kappa shape index (κ1) is 19.9. The number of carbonyl (C=O) groups excluding carboxylic acids is 2. The number of nitrogens with two attached hydrogens (primary N) is 1. The Morgan fingerprint density at radius 3 is 2.22 bits per heavy atom. The van der Waals surface area contributed by atoms with E-state index in [1.807, 2.05) is 35.8 Å². The molecule has 5 heteroatoms. The molecule has 2 unspecified atom stereocenters. The largest absolute Gasteiger partial charge is 0.342 e. The molecule has 2 aliphatic rings. The zero-order chi connectivity index (χ0) is 19.6. The van der Waals surface area contributed by atoms with E-state index < -0.39 is 0 Å². The molecule has 2 aliphatic heterocycles. The normalized spacial score (nSPS) is 22.6. The first-order valence-electron chi connectivity index (χ1n) is 10.3. The van der Waals surface area contributed by atoms with Crippen molar-refractivity contribution < 1.29 is 9.59 Å². The minimum atomic E-state index is -0.0690. The number of likely N-dealkylation sites (tertiary alicyclic amines) is 2. The molecule has 2 N–H and O–H groups in total. The molecule has 0 spiro atoms. The van der Waals surface area contributed by atoms with Crippen LogP contribution in [0.1, 0.15) is 54.1 Å². The maximum absolute atomic E-state index is 13.0. The van der Waals surface area contributed by atoms with E-state index in [4.69, 9.17) is 5.73 Å². The molecule has 1 aromatic rings. The topological polar surface area (TPSA) is 66.6 Å². The molecule has 2 atom stereocenters. The monoisotopic (exact) mass is 371 g/mol. The molecule has 0 bridgehead atoms. The molecular weight excluding hydrogens is 338 g/mol. The van der Waals surface area contributed by atoms with Crippen LogP contribution in [0.2, 0.25) is 0 Å². The number of hydrogen-bond acceptors (Lipinski definition) is 3. The molecule has 148 valence electrons. The van der Waals surface area contributed by atoms with E-state index in [1.54, 1.807) is 0 Å². The number of aryl methyl sites for hydroxylation is 2. The van der Waals surface area contributed by atoms with Crippen molar-refractivity contribution in [2.24, 2.45) is 17.6 Å². The second-order valence-electron chi connectivity index (χ2n) is 8.49. The Hall–Kier alpha value is -1.88. The smallest absolute Gasteiger partial charge is 0.253 e. The van der Waals surface area contributed by atoms with E-state index >= 15 is 0 Å². The fourth-order valence-corrected chi connectivity index (χ4v) is 4.55. The minimum Gasteiger partial charge on any atom is -0.342 e. The van der Waals surface area contributed by atoms with Crippen molar-refractivity contribution in [2.45, 2.75) is 52.5 Å². The van der Waals surface area contributed by atoms with Gasteiger partial charge in [0, 0.05) is 37.8 Å². The van der Waals surface area contributed by atoms with E-state index in [0.717, 1.165) is 62.0 Å². The SMILES string of the molecule is Cc1cc(C)cc(C(=O)N2CCCC(C(=O)N3CCC(C(C)N)CC3)C2)c1. The summed E-state index contributed by atoms with van der Waals surface area (Å²) in [5.41, 5.74) is 8.94. The summed E-state index contributed by atoms with van der Waals surface area (Å²) in [5, 5.41) is 0. The van der Waals surface area contributed by atoms with Gasteiger partial charge in [-0.2, -0.15) is 0 Å². The lowest BCUT2D eigenvalue weighted by molar-refractivity contribution is -0.138. The van der Waals surface area contributed by atoms with Crippen LogP contribution in [-0.4, -0.2) is 53.8 Å². The van der Waals surface area contributed by atoms with Crippen molar-refractivity contribution in [1.29, 1.82) is 0 Å². The van der Waals surface area contributed by atoms with Gasteiger partial charge < -0.3 is 15.5 Å². The standard InChI is InChI=1S/C22H33N3O2/c1-15-11-16(2)13-20(12-15)22(27)25-8-4-5-19(14-25)21(26)24-9-6-18(7-10-24)17(3)23/h11-13,17-19H,4-10,14,23H2,1-3H3. The number of hydrogen-bond donors (Lipinski definition) is 1. The van der Waals surface area contributed by atoms with Gasteiger partial charge in [0.2, 0.25) is 5.91 Å². The maximum Gasteiger partial charge on any atom is 0.253 e. The van der Waals surface area contributed by atoms with Gasteiger partial charge in [0.15, 0.2) is 0 Å². The third-order valence-corrected chi connectivity index (χ3v) is 6.12. The van der Waals surface area contributed by atoms with Crippen LogP contribution in [0.25, 0.3) is 0 Å². The van der Waals surface area contributed by atoms with Gasteiger partial charge >= 0.3 is 0 Å². The Labute approximate surface area is 162 Å². The number of nitrogens with zero attached hydrogens (tertiary/aromatic N) is 2. The summed E-state index contributed by atoms with van der Waals surface area (Å²) >= 11 is 0. The molecule has 0 saturated carbocycles. The number of piperidine rings is 2. The molecule has 1 aromatic carbocycles. The highest BCUT2D eigenvalue weighted by molar-refractivity contribution is 5.95. The van der Waals surface area contributed by atoms with Gasteiger partial charge in [-0.3, -0.25) is 9.59 Å². The second kappa shape index (κ2) is 8.42. The Kier molecular flexibility index (Phi) is 6.20. The van der Waals surface area contributed by atoms with Gasteiger partial charge in [-0.25, -0.2) is 0 Å². The number of amides is 2. The van der Waals surface area contributed by atoms with Gasteiger partial charge in [-0.15, -0.1) is 0 Å². The number of benzene rings is 1. The second-order valence-corrected chi connectivity index (χ2v) is 8.49. The van der Waals surface area contributed by atoms with Crippen LogP contribution in [0.5, 0.6) is 0 Å². The lowest BCUT2D eigenvalue weighted by Crippen LogP contribution is -2.49. The summed E-state index contributed by atoms with van der Waals surface area (Å²) in [6.45, 7) is 8.95. The van der Waals surface area contributed by atoms with Crippen molar-refractivity contribution in [3.63, 3.8) is 0 Å². The van der Waals surface area contributed by atoms with Gasteiger partial charge in [-0.05, 0) is 64.5 Å². The van der Waals surface area contributed by atoms with Crippen LogP contribution < -0.4 is 5.73 Å². The van der Waals surface area contributed by atoms with Crippen LogP contribution in [0, 0.1) is 25.7 Å². The Balaban J connectivity index is 1.62. The molecular formula is C22H33N3O2. The van der Waals surface area contributed by atoms with E-state index in [2.05, 4.69) is 13.0 Å². The molecule has 27 heavy (non-hydrogen) atoms. The van der Waals surface area contributed by atoms with Crippen molar-refractivity contribution in [3.8, 4) is 0 Å². The van der Waals surface area contributed by atoms with E-state index in [1.165, 1.54) is 0 Å². The van der Waals surface area contributed by atoms with Crippen molar-refractivity contribution in [2.75, 3.05) is 26.2 Å². The van der Waals surface area contributed by atoms with Gasteiger partial charge in [0.1, 0.15) is 0 Å². The van der Waals surface area contributed by atoms with Crippen LogP contribution in [0.4, 0.5) is 0 Å². The lowest BCUT2D eigenvalue weighted by Gasteiger charge is -2.38. The summed E-state index contributed by atoms with van der Waals surface area (Å²) in [6.07, 6.45) is 3.74. The maximum atomic E-state index is 13.0. The number of rotatable bonds is 3. The van der Waals surface area contributed by atoms with Crippen molar-refractivity contribution >= 4 is 11.8 Å². The zero-order valence-electron chi connectivity index (χ0n) is 16.9. The van der Waals surface area contributed by atoms with Crippen LogP contribution in [0.3, 0.4) is 0 Å². The van der Waals surface area contributed by atoms with E-state index in [9.17, 15) is 9.59 Å². The van der Waals surface area contributed by atoms with Gasteiger partial charge in [-0.1, -0.05) is 17.2 Å². The summed E-state index contributed by atoms with van der Waals surface area (Å²) in [6, 6.07) is 6.16. The quantitative estimate of drug-likeness (QED) is 0.888. The average Bonchev–Trinajstić information content (AvgIpc) is 2.66. The molecule has 3 rings (SSSR count). The summed E-state index contributed by atoms with van der Waals surface area (Å²) < 4.78 is 0. The lowest BCUT2D eigenvalue weighted by atomic mass is 9.89. The Morgan fingerprint density at radius 1 is 1.00 bits per heavy atom. The third kappa shape index (κ3) is 4.70. The molecule has 2 amide bonds. The van der Waals surface area contributed by atoms with Crippen LogP contribution >= 0.6 is 0 Å². The van der Waals surface area contributed by atoms with Crippen molar-refractivity contribution in [3.05, 3.63) is 34.9 Å². The molecule has 2 heterocycles. The molecule has 2 saturated heterocycles. The van der Waals surface area contributed by atoms with Crippen molar-refractivity contribution in [1.82, 2.24) is 9.80 Å². The zero-order valence-corrected chi connectivity index (χ0v) is 16.9. The predicted molar refractivity (Wildman–Crippen MR) is 107 cm³/mol. The Morgan fingerprint density at radius 2 is 1.63 bits per heavy atom. The highest BCUT2D eigenvalue weighted by Gasteiger charge is 2.33. The third-order valence-electron chi connectivity index (χ3n) is 6.12. The van der Waals surface area contributed by atoms with Crippen LogP contribution in [0.15, 0.2) is 18.2 Å². The fourth-order valence-electron chi connectivity index (χ4n) is 4.55. The highest BCUT2D eigenvalue weighted by Crippen LogP contribution is 2.25. The van der Waals surface area contributed by atoms with E-state index in [0.29, 0.717) is 12.5 Å². The average molecular weight is 372 g/mol. The molecule has 0 radical (unpaired) electrons. The van der Waals surface area contributed by atoms with Gasteiger partial charge in [0.05, 0.1) is 5.92 Å². The summed E-state index contributed by atoms with van der Waals surface area (Å²) in [4.78, 5) is 29.8. The highest BCUT2D eigenvalue weighted by atomic mass is 16.2. The summed E-state index contributed by atoms with van der Waals surface area (Å²) in [5.74, 6) is 0.717. The fraction of sp³-hybridized carbons (Fsp3) is 0.636. The first-order valence-corrected chi connectivity index (χ1v) is 10.3. The molecule has 5 nitrogen and oxygen atoms in total. The predicted octanol–water partition coefficient (Wildman–Crippen LogP) is 2.74. The molecule has 0 aromatic heterocycles. The number of carbonyl (C=O) groups is 2. The van der Waals surface area contributed by atoms with Gasteiger partial charge in [0.25, 0.3) is 5.91 Å². The molecule has 2 fully saturated rings. The first-order chi connectivity index (χ1) is 12.8. The minimum absolute atomic E-state index is 0.0509.